The number of benzene rings is 1. The molecule has 0 radical (unpaired) electrons. The lowest BCUT2D eigenvalue weighted by Crippen LogP contribution is -2.40. The van der Waals surface area contributed by atoms with Gasteiger partial charge in [-0.15, -0.1) is 0 Å². The van der Waals surface area contributed by atoms with Gasteiger partial charge in [-0.05, 0) is 74.9 Å². The second-order valence-corrected chi connectivity index (χ2v) is 8.27. The number of esters is 1. The Kier molecular flexibility index (Phi) is 7.20. The largest absolute Gasteiger partial charge is 0.478 e. The lowest BCUT2D eigenvalue weighted by molar-refractivity contribution is -0.148. The van der Waals surface area contributed by atoms with Crippen LogP contribution < -0.4 is 9.62 Å². The van der Waals surface area contributed by atoms with Gasteiger partial charge in [0.1, 0.15) is 0 Å². The van der Waals surface area contributed by atoms with Gasteiger partial charge in [0, 0.05) is 24.2 Å². The summed E-state index contributed by atoms with van der Waals surface area (Å²) >= 11 is 1.41. The zero-order valence-electron chi connectivity index (χ0n) is 17.5. The summed E-state index contributed by atoms with van der Waals surface area (Å²) in [5.74, 6) is -0.787. The first kappa shape index (κ1) is 22.0. The molecular formula is C22H27N3O4S. The van der Waals surface area contributed by atoms with E-state index in [1.165, 1.54) is 29.3 Å². The lowest BCUT2D eigenvalue weighted by Gasteiger charge is -2.33. The molecule has 2 N–H and O–H groups in total. The van der Waals surface area contributed by atoms with Crippen molar-refractivity contribution in [2.45, 2.75) is 38.5 Å². The van der Waals surface area contributed by atoms with Gasteiger partial charge in [-0.3, -0.25) is 4.79 Å². The van der Waals surface area contributed by atoms with Crippen LogP contribution >= 0.6 is 11.9 Å². The number of aryl methyl sites for hydroxylation is 2. The minimum atomic E-state index is -1.03. The minimum absolute atomic E-state index is 0.112. The van der Waals surface area contributed by atoms with Crippen LogP contribution in [0.2, 0.25) is 0 Å². The van der Waals surface area contributed by atoms with Crippen molar-refractivity contribution in [1.29, 1.82) is 0 Å². The van der Waals surface area contributed by atoms with Crippen LogP contribution in [0.5, 0.6) is 0 Å². The summed E-state index contributed by atoms with van der Waals surface area (Å²) in [7, 11) is 0. The number of pyridine rings is 1. The number of carboxylic acids is 1. The molecule has 2 aromatic rings. The van der Waals surface area contributed by atoms with E-state index in [9.17, 15) is 14.7 Å². The molecule has 1 aromatic heterocycles. The highest BCUT2D eigenvalue weighted by Crippen LogP contribution is 2.33. The van der Waals surface area contributed by atoms with Gasteiger partial charge in [-0.25, -0.2) is 9.78 Å². The predicted octanol–water partition coefficient (Wildman–Crippen LogP) is 4.30. The van der Waals surface area contributed by atoms with Crippen molar-refractivity contribution in [1.82, 2.24) is 4.98 Å². The quantitative estimate of drug-likeness (QED) is 0.497. The molecule has 1 fully saturated rings. The molecule has 0 saturated carbocycles. The van der Waals surface area contributed by atoms with Crippen molar-refractivity contribution < 1.29 is 19.4 Å². The van der Waals surface area contributed by atoms with E-state index in [4.69, 9.17) is 4.74 Å². The fourth-order valence-corrected chi connectivity index (χ4v) is 4.16. The van der Waals surface area contributed by atoms with Crippen LogP contribution in [0.15, 0.2) is 35.4 Å². The number of ether oxygens (including phenoxy) is 1. The normalized spacial score (nSPS) is 16.2. The van der Waals surface area contributed by atoms with Crippen LogP contribution in [0.3, 0.4) is 0 Å². The Morgan fingerprint density at radius 2 is 2.10 bits per heavy atom. The number of aromatic carboxylic acids is 1. The van der Waals surface area contributed by atoms with Crippen LogP contribution in [-0.2, 0) is 9.53 Å². The molecule has 0 bridgehead atoms. The Morgan fingerprint density at radius 3 is 2.80 bits per heavy atom. The molecule has 30 heavy (non-hydrogen) atoms. The Labute approximate surface area is 181 Å². The summed E-state index contributed by atoms with van der Waals surface area (Å²) in [6.07, 6.45) is 2.98. The highest BCUT2D eigenvalue weighted by molar-refractivity contribution is 8.00. The number of carboxylic acid groups (broad SMARTS) is 1. The van der Waals surface area contributed by atoms with E-state index in [1.807, 2.05) is 11.0 Å². The summed E-state index contributed by atoms with van der Waals surface area (Å²) in [5, 5.41) is 9.39. The molecule has 8 heteroatoms. The molecule has 0 spiro atoms. The standard InChI is InChI=1S/C22H27N3O4S/c1-4-29-22(28)16-6-5-9-25(13-16)20-19(11-17(12-23-20)21(26)27)24-30-18-8-7-14(2)15(3)10-18/h7-8,10-12,16,24H,4-6,9,13H2,1-3H3,(H,26,27). The number of rotatable bonds is 7. The summed E-state index contributed by atoms with van der Waals surface area (Å²) < 4.78 is 8.46. The maximum atomic E-state index is 12.2. The molecule has 0 aliphatic carbocycles. The number of carbonyl (C=O) groups is 2. The van der Waals surface area contributed by atoms with E-state index in [1.54, 1.807) is 13.0 Å². The number of piperidine rings is 1. The Hall–Kier alpha value is -2.74. The summed E-state index contributed by atoms with van der Waals surface area (Å²) in [4.78, 5) is 31.1. The Balaban J connectivity index is 1.83. The first-order chi connectivity index (χ1) is 14.4. The molecule has 1 aliphatic heterocycles. The Morgan fingerprint density at radius 1 is 1.30 bits per heavy atom. The lowest BCUT2D eigenvalue weighted by atomic mass is 9.98. The fourth-order valence-electron chi connectivity index (χ4n) is 3.41. The molecule has 1 saturated heterocycles. The molecule has 1 aromatic carbocycles. The monoisotopic (exact) mass is 429 g/mol. The molecule has 0 amide bonds. The molecule has 3 rings (SSSR count). The van der Waals surface area contributed by atoms with Crippen molar-refractivity contribution in [3.63, 3.8) is 0 Å². The highest BCUT2D eigenvalue weighted by atomic mass is 32.2. The molecule has 7 nitrogen and oxygen atoms in total. The SMILES string of the molecule is CCOC(=O)C1CCCN(c2ncc(C(=O)O)cc2NSc2ccc(C)c(C)c2)C1. The van der Waals surface area contributed by atoms with E-state index < -0.39 is 5.97 Å². The van der Waals surface area contributed by atoms with Gasteiger partial charge >= 0.3 is 11.9 Å². The molecule has 160 valence electrons. The second kappa shape index (κ2) is 9.84. The summed E-state index contributed by atoms with van der Waals surface area (Å²) in [6.45, 7) is 7.53. The average molecular weight is 430 g/mol. The van der Waals surface area contributed by atoms with Crippen LogP contribution in [0.4, 0.5) is 11.5 Å². The third-order valence-electron chi connectivity index (χ3n) is 5.21. The third-order valence-corrected chi connectivity index (χ3v) is 6.02. The van der Waals surface area contributed by atoms with Gasteiger partial charge in [-0.2, -0.15) is 0 Å². The van der Waals surface area contributed by atoms with Gasteiger partial charge in [0.15, 0.2) is 5.82 Å². The van der Waals surface area contributed by atoms with E-state index in [2.05, 4.69) is 35.7 Å². The third kappa shape index (κ3) is 5.24. The van der Waals surface area contributed by atoms with Crippen LogP contribution in [0, 0.1) is 19.8 Å². The Bertz CT molecular complexity index is 935. The summed E-state index contributed by atoms with van der Waals surface area (Å²) in [6, 6.07) is 7.75. The van der Waals surface area contributed by atoms with E-state index in [0.717, 1.165) is 24.3 Å². The number of anilines is 2. The smallest absolute Gasteiger partial charge is 0.337 e. The minimum Gasteiger partial charge on any atom is -0.478 e. The van der Waals surface area contributed by atoms with Gasteiger partial charge in [0.05, 0.1) is 23.8 Å². The fraction of sp³-hybridized carbons (Fsp3) is 0.409. The first-order valence-electron chi connectivity index (χ1n) is 10.0. The molecule has 1 atom stereocenters. The van der Waals surface area contributed by atoms with Gasteiger partial charge in [0.2, 0.25) is 0 Å². The number of hydrogen-bond acceptors (Lipinski definition) is 7. The topological polar surface area (TPSA) is 91.8 Å². The zero-order valence-corrected chi connectivity index (χ0v) is 18.3. The van der Waals surface area contributed by atoms with Crippen LogP contribution in [0.1, 0.15) is 41.3 Å². The number of hydrogen-bond donors (Lipinski definition) is 2. The number of nitrogens with one attached hydrogen (secondary N) is 1. The molecular weight excluding hydrogens is 402 g/mol. The number of aromatic nitrogens is 1. The summed E-state index contributed by atoms with van der Waals surface area (Å²) in [5.41, 5.74) is 3.13. The average Bonchev–Trinajstić information content (AvgIpc) is 2.74. The van der Waals surface area contributed by atoms with Crippen LogP contribution in [0.25, 0.3) is 0 Å². The first-order valence-corrected chi connectivity index (χ1v) is 10.9. The van der Waals surface area contributed by atoms with E-state index >= 15 is 0 Å². The van der Waals surface area contributed by atoms with Crippen molar-refractivity contribution >= 4 is 35.4 Å². The van der Waals surface area contributed by atoms with Crippen molar-refractivity contribution in [2.24, 2.45) is 5.92 Å². The molecule has 1 aliphatic rings. The second-order valence-electron chi connectivity index (χ2n) is 7.39. The maximum absolute atomic E-state index is 12.2. The maximum Gasteiger partial charge on any atom is 0.337 e. The van der Waals surface area contributed by atoms with E-state index in [0.29, 0.717) is 24.7 Å². The molecule has 1 unspecified atom stereocenters. The number of carbonyl (C=O) groups excluding carboxylic acids is 1. The number of nitrogens with zero attached hydrogens (tertiary/aromatic N) is 2. The van der Waals surface area contributed by atoms with E-state index in [-0.39, 0.29) is 17.5 Å². The molecule has 2 heterocycles. The predicted molar refractivity (Wildman–Crippen MR) is 118 cm³/mol. The van der Waals surface area contributed by atoms with Crippen molar-refractivity contribution in [3.8, 4) is 0 Å². The van der Waals surface area contributed by atoms with Crippen molar-refractivity contribution in [2.75, 3.05) is 29.3 Å². The zero-order chi connectivity index (χ0) is 21.7. The van der Waals surface area contributed by atoms with Gasteiger partial charge < -0.3 is 19.5 Å². The van der Waals surface area contributed by atoms with Crippen LogP contribution in [-0.4, -0.2) is 41.7 Å². The van der Waals surface area contributed by atoms with Gasteiger partial charge in [0.25, 0.3) is 0 Å². The van der Waals surface area contributed by atoms with Gasteiger partial charge in [-0.1, -0.05) is 6.07 Å². The highest BCUT2D eigenvalue weighted by Gasteiger charge is 2.29. The van der Waals surface area contributed by atoms with Crippen molar-refractivity contribution in [3.05, 3.63) is 47.2 Å².